The van der Waals surface area contributed by atoms with E-state index in [2.05, 4.69) is 37.0 Å². The van der Waals surface area contributed by atoms with Crippen LogP contribution in [-0.4, -0.2) is 38.9 Å². The summed E-state index contributed by atoms with van der Waals surface area (Å²) >= 11 is 9.38. The number of aromatic carboxylic acids is 1. The van der Waals surface area contributed by atoms with Gasteiger partial charge < -0.3 is 24.9 Å². The van der Waals surface area contributed by atoms with E-state index in [0.29, 0.717) is 16.2 Å². The Morgan fingerprint density at radius 2 is 2.18 bits per heavy atom. The highest BCUT2D eigenvalue weighted by Crippen LogP contribution is 2.34. The van der Waals surface area contributed by atoms with Crippen LogP contribution < -0.4 is 11.2 Å². The van der Waals surface area contributed by atoms with Crippen LogP contribution in [0.15, 0.2) is 35.1 Å². The standard InChI is InChI=1S/C15H10BrClFN3O2.C2H7NO2/c1-21-6-19-14-11(21)5-8(15(22)23)13(12(14)18)20-10-3-2-7(16)4-9(10)17;3-5-2-1-4/h2-6,20H,1H3,(H,22,23);4H,1-3H2. The fourth-order valence-corrected chi connectivity index (χ4v) is 3.01. The van der Waals surface area contributed by atoms with Crippen LogP contribution in [0.5, 0.6) is 0 Å². The Labute approximate surface area is 172 Å². The van der Waals surface area contributed by atoms with Gasteiger partial charge in [-0.1, -0.05) is 27.5 Å². The molecule has 0 aliphatic heterocycles. The van der Waals surface area contributed by atoms with Crippen LogP contribution in [0, 0.1) is 5.82 Å². The molecule has 1 aromatic heterocycles. The SMILES string of the molecule is Cn1cnc2c(F)c(Nc3ccc(Br)cc3Cl)c(C(=O)O)cc21.NOCCO. The molecular formula is C17H17BrClFN4O4. The third-order valence-corrected chi connectivity index (χ3v) is 4.40. The normalized spacial score (nSPS) is 10.5. The first-order valence-corrected chi connectivity index (χ1v) is 8.98. The van der Waals surface area contributed by atoms with Gasteiger partial charge >= 0.3 is 5.97 Å². The monoisotopic (exact) mass is 474 g/mol. The van der Waals surface area contributed by atoms with Crippen LogP contribution in [0.2, 0.25) is 5.02 Å². The summed E-state index contributed by atoms with van der Waals surface area (Å²) in [7, 11) is 1.67. The number of anilines is 2. The minimum absolute atomic E-state index is 0.00347. The van der Waals surface area contributed by atoms with Crippen molar-refractivity contribution in [2.75, 3.05) is 18.5 Å². The number of aryl methyl sites for hydroxylation is 1. The molecule has 0 amide bonds. The largest absolute Gasteiger partial charge is 0.478 e. The molecule has 0 spiro atoms. The number of aliphatic hydroxyl groups excluding tert-OH is 1. The number of hydrogen-bond donors (Lipinski definition) is 4. The molecule has 3 rings (SSSR count). The average molecular weight is 476 g/mol. The van der Waals surface area contributed by atoms with Gasteiger partial charge in [0, 0.05) is 11.5 Å². The number of fused-ring (bicyclic) bond motifs is 1. The zero-order chi connectivity index (χ0) is 20.8. The zero-order valence-corrected chi connectivity index (χ0v) is 17.0. The Hall–Kier alpha value is -2.24. The number of imidazole rings is 1. The number of aromatic nitrogens is 2. The highest BCUT2D eigenvalue weighted by atomic mass is 79.9. The van der Waals surface area contributed by atoms with Gasteiger partial charge in [0.2, 0.25) is 0 Å². The predicted octanol–water partition coefficient (Wildman–Crippen LogP) is 3.44. The molecule has 0 aliphatic rings. The van der Waals surface area contributed by atoms with Gasteiger partial charge in [0.25, 0.3) is 0 Å². The summed E-state index contributed by atoms with van der Waals surface area (Å²) in [6.45, 7) is 0.219. The van der Waals surface area contributed by atoms with Crippen molar-refractivity contribution in [3.8, 4) is 0 Å². The number of rotatable bonds is 5. The van der Waals surface area contributed by atoms with Gasteiger partial charge in [0.1, 0.15) is 5.52 Å². The van der Waals surface area contributed by atoms with Gasteiger partial charge in [0.15, 0.2) is 5.82 Å². The van der Waals surface area contributed by atoms with E-state index in [1.807, 2.05) is 0 Å². The lowest BCUT2D eigenvalue weighted by molar-refractivity contribution is 0.0697. The van der Waals surface area contributed by atoms with Crippen molar-refractivity contribution in [3.05, 3.63) is 51.5 Å². The van der Waals surface area contributed by atoms with E-state index in [-0.39, 0.29) is 30.0 Å². The van der Waals surface area contributed by atoms with Gasteiger partial charge in [-0.05, 0) is 24.3 Å². The van der Waals surface area contributed by atoms with Crippen LogP contribution in [0.3, 0.4) is 0 Å². The molecule has 8 nitrogen and oxygen atoms in total. The number of benzene rings is 2. The number of halogens is 3. The van der Waals surface area contributed by atoms with E-state index >= 15 is 0 Å². The number of nitrogens with one attached hydrogen (secondary N) is 1. The molecule has 0 radical (unpaired) electrons. The van der Waals surface area contributed by atoms with Crippen LogP contribution in [0.1, 0.15) is 10.4 Å². The molecule has 0 fully saturated rings. The molecule has 0 unspecified atom stereocenters. The summed E-state index contributed by atoms with van der Waals surface area (Å²) in [5.74, 6) is 2.49. The Bertz CT molecular complexity index is 997. The molecule has 0 bridgehead atoms. The minimum Gasteiger partial charge on any atom is -0.478 e. The first kappa shape index (κ1) is 22.1. The summed E-state index contributed by atoms with van der Waals surface area (Å²) in [6.07, 6.45) is 1.43. The van der Waals surface area contributed by atoms with Gasteiger partial charge in [0.05, 0.1) is 47.0 Å². The third kappa shape index (κ3) is 4.97. The zero-order valence-electron chi connectivity index (χ0n) is 14.6. The lowest BCUT2D eigenvalue weighted by Crippen LogP contribution is -2.06. The second kappa shape index (κ2) is 9.80. The van der Waals surface area contributed by atoms with E-state index in [0.717, 1.165) is 4.47 Å². The van der Waals surface area contributed by atoms with Crippen molar-refractivity contribution in [1.29, 1.82) is 0 Å². The van der Waals surface area contributed by atoms with Gasteiger partial charge in [-0.25, -0.2) is 20.1 Å². The maximum Gasteiger partial charge on any atom is 0.338 e. The molecule has 3 aromatic rings. The number of carboxylic acids is 1. The lowest BCUT2D eigenvalue weighted by atomic mass is 10.1. The molecule has 5 N–H and O–H groups in total. The number of aliphatic hydroxyl groups is 1. The smallest absolute Gasteiger partial charge is 0.338 e. The fourth-order valence-electron chi connectivity index (χ4n) is 2.29. The molecule has 1 heterocycles. The summed E-state index contributed by atoms with van der Waals surface area (Å²) in [4.78, 5) is 19.4. The van der Waals surface area contributed by atoms with Crippen LogP contribution in [0.25, 0.3) is 11.0 Å². The quantitative estimate of drug-likeness (QED) is 0.417. The van der Waals surface area contributed by atoms with Gasteiger partial charge in [-0.3, -0.25) is 0 Å². The van der Waals surface area contributed by atoms with Crippen molar-refractivity contribution in [1.82, 2.24) is 9.55 Å². The predicted molar refractivity (Wildman–Crippen MR) is 107 cm³/mol. The number of carbonyl (C=O) groups is 1. The highest BCUT2D eigenvalue weighted by Gasteiger charge is 2.21. The van der Waals surface area contributed by atoms with E-state index in [9.17, 15) is 14.3 Å². The lowest BCUT2D eigenvalue weighted by Gasteiger charge is -2.13. The number of nitrogens with two attached hydrogens (primary N) is 1. The van der Waals surface area contributed by atoms with Crippen molar-refractivity contribution in [2.24, 2.45) is 12.9 Å². The fraction of sp³-hybridized carbons (Fsp3) is 0.176. The third-order valence-electron chi connectivity index (χ3n) is 3.59. The second-order valence-electron chi connectivity index (χ2n) is 5.49. The minimum atomic E-state index is -1.25. The Morgan fingerprint density at radius 3 is 2.71 bits per heavy atom. The van der Waals surface area contributed by atoms with Crippen molar-refractivity contribution < 1.29 is 24.2 Å². The van der Waals surface area contributed by atoms with Crippen molar-refractivity contribution in [3.63, 3.8) is 0 Å². The first-order chi connectivity index (χ1) is 13.3. The molecule has 0 saturated carbocycles. The molecule has 150 valence electrons. The second-order valence-corrected chi connectivity index (χ2v) is 6.81. The Balaban J connectivity index is 0.000000500. The summed E-state index contributed by atoms with van der Waals surface area (Å²) in [6, 6.07) is 6.34. The van der Waals surface area contributed by atoms with E-state index in [1.54, 1.807) is 29.8 Å². The summed E-state index contributed by atoms with van der Waals surface area (Å²) in [5, 5.41) is 20.3. The molecule has 28 heavy (non-hydrogen) atoms. The van der Waals surface area contributed by atoms with E-state index < -0.39 is 11.8 Å². The molecular weight excluding hydrogens is 459 g/mol. The maximum atomic E-state index is 14.7. The number of nitrogens with zero attached hydrogens (tertiary/aromatic N) is 2. The van der Waals surface area contributed by atoms with E-state index in [4.69, 9.17) is 16.7 Å². The first-order valence-electron chi connectivity index (χ1n) is 7.81. The summed E-state index contributed by atoms with van der Waals surface area (Å²) in [5.41, 5.74) is 0.512. The molecule has 2 aromatic carbocycles. The highest BCUT2D eigenvalue weighted by molar-refractivity contribution is 9.10. The van der Waals surface area contributed by atoms with Crippen LogP contribution in [-0.2, 0) is 11.9 Å². The number of carboxylic acid groups (broad SMARTS) is 1. The van der Waals surface area contributed by atoms with Crippen molar-refractivity contribution in [2.45, 2.75) is 0 Å². The molecule has 0 aliphatic carbocycles. The van der Waals surface area contributed by atoms with Crippen molar-refractivity contribution >= 4 is 55.9 Å². The van der Waals surface area contributed by atoms with Gasteiger partial charge in [-0.15, -0.1) is 0 Å². The molecule has 0 atom stereocenters. The van der Waals surface area contributed by atoms with Crippen LogP contribution in [0.4, 0.5) is 15.8 Å². The maximum absolute atomic E-state index is 14.7. The Kier molecular flexibility index (Phi) is 7.72. The number of hydrogen-bond acceptors (Lipinski definition) is 6. The summed E-state index contributed by atoms with van der Waals surface area (Å²) < 4.78 is 17.1. The Morgan fingerprint density at radius 1 is 1.46 bits per heavy atom. The van der Waals surface area contributed by atoms with Crippen LogP contribution >= 0.6 is 27.5 Å². The van der Waals surface area contributed by atoms with Gasteiger partial charge in [-0.2, -0.15) is 0 Å². The van der Waals surface area contributed by atoms with E-state index in [1.165, 1.54) is 12.4 Å². The topological polar surface area (TPSA) is 123 Å². The molecule has 11 heteroatoms. The average Bonchev–Trinajstić information content (AvgIpc) is 3.01. The molecule has 0 saturated heterocycles.